The van der Waals surface area contributed by atoms with Gasteiger partial charge >= 0.3 is 0 Å². The van der Waals surface area contributed by atoms with E-state index < -0.39 is 6.10 Å². The summed E-state index contributed by atoms with van der Waals surface area (Å²) in [7, 11) is 0. The Kier molecular flexibility index (Phi) is 5.52. The van der Waals surface area contributed by atoms with E-state index >= 15 is 0 Å². The minimum absolute atomic E-state index is 0.0262. The van der Waals surface area contributed by atoms with Crippen LogP contribution in [-0.4, -0.2) is 17.1 Å². The van der Waals surface area contributed by atoms with Gasteiger partial charge in [0, 0.05) is 6.04 Å². The first-order valence-corrected chi connectivity index (χ1v) is 7.28. The minimum Gasteiger partial charge on any atom is -0.378 e. The van der Waals surface area contributed by atoms with Gasteiger partial charge in [0.15, 0.2) is 6.10 Å². The minimum atomic E-state index is -1.11. The summed E-state index contributed by atoms with van der Waals surface area (Å²) >= 11 is 0. The number of benzene rings is 2. The average molecular weight is 283 g/mol. The molecule has 3 heteroatoms. The number of hydrogen-bond acceptors (Lipinski definition) is 2. The van der Waals surface area contributed by atoms with Gasteiger partial charge in [0.05, 0.1) is 0 Å². The molecular formula is C18H21NO2. The van der Waals surface area contributed by atoms with E-state index in [1.54, 1.807) is 12.1 Å². The fourth-order valence-electron chi connectivity index (χ4n) is 2.26. The molecule has 3 nitrogen and oxygen atoms in total. The molecular weight excluding hydrogens is 262 g/mol. The van der Waals surface area contributed by atoms with Gasteiger partial charge in [-0.1, -0.05) is 67.6 Å². The van der Waals surface area contributed by atoms with Crippen molar-refractivity contribution in [1.29, 1.82) is 0 Å². The van der Waals surface area contributed by atoms with Crippen molar-refractivity contribution in [3.63, 3.8) is 0 Å². The second-order valence-corrected chi connectivity index (χ2v) is 5.12. The molecule has 2 unspecified atom stereocenters. The van der Waals surface area contributed by atoms with Crippen LogP contribution < -0.4 is 5.32 Å². The van der Waals surface area contributed by atoms with Crippen LogP contribution >= 0.6 is 0 Å². The highest BCUT2D eigenvalue weighted by molar-refractivity contribution is 5.82. The van der Waals surface area contributed by atoms with Gasteiger partial charge in [-0.15, -0.1) is 0 Å². The van der Waals surface area contributed by atoms with Crippen molar-refractivity contribution in [2.75, 3.05) is 0 Å². The molecule has 0 aromatic heterocycles. The fraction of sp³-hybridized carbons (Fsp3) is 0.278. The maximum Gasteiger partial charge on any atom is 0.253 e. The Balaban J connectivity index is 1.96. The van der Waals surface area contributed by atoms with E-state index in [1.807, 2.05) is 55.5 Å². The molecule has 0 spiro atoms. The average Bonchev–Trinajstić information content (AvgIpc) is 2.55. The number of hydrogen-bond donors (Lipinski definition) is 2. The van der Waals surface area contributed by atoms with E-state index in [4.69, 9.17) is 0 Å². The van der Waals surface area contributed by atoms with Crippen LogP contribution in [0.25, 0.3) is 0 Å². The third-order valence-electron chi connectivity index (χ3n) is 3.53. The van der Waals surface area contributed by atoms with E-state index in [-0.39, 0.29) is 11.9 Å². The zero-order valence-corrected chi connectivity index (χ0v) is 12.2. The van der Waals surface area contributed by atoms with Gasteiger partial charge in [-0.05, 0) is 24.0 Å². The molecule has 2 atom stereocenters. The van der Waals surface area contributed by atoms with Crippen LogP contribution in [0.15, 0.2) is 60.7 Å². The molecule has 0 radical (unpaired) electrons. The first-order valence-electron chi connectivity index (χ1n) is 7.28. The van der Waals surface area contributed by atoms with Crippen molar-refractivity contribution in [1.82, 2.24) is 5.32 Å². The summed E-state index contributed by atoms with van der Waals surface area (Å²) < 4.78 is 0. The number of carbonyl (C=O) groups is 1. The summed E-state index contributed by atoms with van der Waals surface area (Å²) in [6, 6.07) is 19.1. The quantitative estimate of drug-likeness (QED) is 0.856. The molecule has 0 heterocycles. The first-order chi connectivity index (χ1) is 10.2. The third-order valence-corrected chi connectivity index (χ3v) is 3.53. The smallest absolute Gasteiger partial charge is 0.253 e. The molecule has 0 saturated heterocycles. The van der Waals surface area contributed by atoms with Crippen molar-refractivity contribution < 1.29 is 9.90 Å². The molecule has 0 aliphatic rings. The van der Waals surface area contributed by atoms with Crippen LogP contribution in [0, 0.1) is 0 Å². The highest BCUT2D eigenvalue weighted by Crippen LogP contribution is 2.13. The lowest BCUT2D eigenvalue weighted by atomic mass is 10.0. The summed E-state index contributed by atoms with van der Waals surface area (Å²) in [5, 5.41) is 13.0. The Labute approximate surface area is 125 Å². The highest BCUT2D eigenvalue weighted by atomic mass is 16.3. The molecule has 21 heavy (non-hydrogen) atoms. The molecule has 110 valence electrons. The third kappa shape index (κ3) is 4.43. The van der Waals surface area contributed by atoms with Crippen LogP contribution in [0.1, 0.15) is 30.6 Å². The monoisotopic (exact) mass is 283 g/mol. The van der Waals surface area contributed by atoms with Gasteiger partial charge in [-0.25, -0.2) is 0 Å². The predicted octanol–water partition coefficient (Wildman–Crippen LogP) is 2.86. The number of amides is 1. The van der Waals surface area contributed by atoms with Gasteiger partial charge in [0.2, 0.25) is 0 Å². The zero-order chi connectivity index (χ0) is 15.1. The molecule has 2 N–H and O–H groups in total. The van der Waals surface area contributed by atoms with Crippen molar-refractivity contribution in [2.45, 2.75) is 31.9 Å². The van der Waals surface area contributed by atoms with Crippen LogP contribution in [0.3, 0.4) is 0 Å². The Bertz CT molecular complexity index is 554. The van der Waals surface area contributed by atoms with Crippen molar-refractivity contribution >= 4 is 5.91 Å². The molecule has 1 amide bonds. The summed E-state index contributed by atoms with van der Waals surface area (Å²) in [6.45, 7) is 2.03. The Morgan fingerprint density at radius 3 is 2.19 bits per heavy atom. The SMILES string of the molecule is CCC(Cc1ccccc1)NC(=O)C(O)c1ccccc1. The van der Waals surface area contributed by atoms with Crippen molar-refractivity contribution in [3.05, 3.63) is 71.8 Å². The number of aliphatic hydroxyl groups excluding tert-OH is 1. The lowest BCUT2D eigenvalue weighted by molar-refractivity contribution is -0.130. The number of nitrogens with one attached hydrogen (secondary N) is 1. The zero-order valence-electron chi connectivity index (χ0n) is 12.2. The lowest BCUT2D eigenvalue weighted by Crippen LogP contribution is -2.39. The number of carbonyl (C=O) groups excluding carboxylic acids is 1. The fourth-order valence-corrected chi connectivity index (χ4v) is 2.26. The van der Waals surface area contributed by atoms with Crippen LogP contribution in [0.5, 0.6) is 0 Å². The molecule has 2 rings (SSSR count). The van der Waals surface area contributed by atoms with E-state index in [9.17, 15) is 9.90 Å². The summed E-state index contributed by atoms with van der Waals surface area (Å²) in [6.07, 6.45) is 0.475. The Morgan fingerprint density at radius 1 is 1.05 bits per heavy atom. The van der Waals surface area contributed by atoms with E-state index in [0.29, 0.717) is 5.56 Å². The van der Waals surface area contributed by atoms with E-state index in [0.717, 1.165) is 12.8 Å². The normalized spacial score (nSPS) is 13.4. The summed E-state index contributed by atoms with van der Waals surface area (Å²) in [5.74, 6) is -0.344. The molecule has 2 aromatic carbocycles. The lowest BCUT2D eigenvalue weighted by Gasteiger charge is -2.19. The van der Waals surface area contributed by atoms with E-state index in [1.165, 1.54) is 5.56 Å². The van der Waals surface area contributed by atoms with Crippen LogP contribution in [0.4, 0.5) is 0 Å². The van der Waals surface area contributed by atoms with Gasteiger partial charge in [-0.3, -0.25) is 4.79 Å². The molecule has 0 bridgehead atoms. The Hall–Kier alpha value is -2.13. The van der Waals surface area contributed by atoms with Crippen molar-refractivity contribution in [2.24, 2.45) is 0 Å². The maximum atomic E-state index is 12.1. The second kappa shape index (κ2) is 7.60. The molecule has 0 aliphatic heterocycles. The molecule has 2 aromatic rings. The van der Waals surface area contributed by atoms with Crippen LogP contribution in [0.2, 0.25) is 0 Å². The second-order valence-electron chi connectivity index (χ2n) is 5.12. The number of rotatable bonds is 6. The number of aliphatic hydroxyl groups is 1. The van der Waals surface area contributed by atoms with Gasteiger partial charge in [0.25, 0.3) is 5.91 Å². The van der Waals surface area contributed by atoms with E-state index in [2.05, 4.69) is 5.32 Å². The van der Waals surface area contributed by atoms with Gasteiger partial charge in [-0.2, -0.15) is 0 Å². The molecule has 0 aliphatic carbocycles. The standard InChI is InChI=1S/C18H21NO2/c1-2-16(13-14-9-5-3-6-10-14)19-18(21)17(20)15-11-7-4-8-12-15/h3-12,16-17,20H,2,13H2,1H3,(H,19,21). The maximum absolute atomic E-state index is 12.1. The van der Waals surface area contributed by atoms with Gasteiger partial charge in [0.1, 0.15) is 0 Å². The topological polar surface area (TPSA) is 49.3 Å². The molecule has 0 saturated carbocycles. The Morgan fingerprint density at radius 2 is 1.62 bits per heavy atom. The largest absolute Gasteiger partial charge is 0.378 e. The first kappa shape index (κ1) is 15.3. The van der Waals surface area contributed by atoms with Crippen molar-refractivity contribution in [3.8, 4) is 0 Å². The summed E-state index contributed by atoms with van der Waals surface area (Å²) in [5.41, 5.74) is 1.79. The summed E-state index contributed by atoms with van der Waals surface area (Å²) in [4.78, 5) is 12.1. The predicted molar refractivity (Wildman–Crippen MR) is 83.8 cm³/mol. The van der Waals surface area contributed by atoms with Crippen LogP contribution in [-0.2, 0) is 11.2 Å². The van der Waals surface area contributed by atoms with Gasteiger partial charge < -0.3 is 10.4 Å². The molecule has 0 fully saturated rings. The highest BCUT2D eigenvalue weighted by Gasteiger charge is 2.19.